The van der Waals surface area contributed by atoms with E-state index in [1.54, 1.807) is 39.1 Å². The Hall–Kier alpha value is -2.89. The van der Waals surface area contributed by atoms with Gasteiger partial charge in [0.05, 0.1) is 0 Å². The Morgan fingerprint density at radius 3 is 2.48 bits per heavy atom. The Labute approximate surface area is 160 Å². The van der Waals surface area contributed by atoms with Crippen LogP contribution < -0.4 is 10.6 Å². The van der Waals surface area contributed by atoms with Crippen LogP contribution in [-0.2, 0) is 16.0 Å². The SMILES string of the molecule is CC(C)(C)OC(=O)NC(C(=O)NCCCc1cccnc1)c1ccccc1. The number of rotatable bonds is 7. The van der Waals surface area contributed by atoms with Gasteiger partial charge in [-0.15, -0.1) is 0 Å². The number of aromatic nitrogens is 1. The van der Waals surface area contributed by atoms with E-state index in [9.17, 15) is 9.59 Å². The summed E-state index contributed by atoms with van der Waals surface area (Å²) in [4.78, 5) is 28.9. The topological polar surface area (TPSA) is 80.3 Å². The van der Waals surface area contributed by atoms with Crippen molar-refractivity contribution in [2.75, 3.05) is 6.54 Å². The van der Waals surface area contributed by atoms with E-state index in [0.717, 1.165) is 18.4 Å². The van der Waals surface area contributed by atoms with Crippen LogP contribution >= 0.6 is 0 Å². The van der Waals surface area contributed by atoms with Crippen molar-refractivity contribution >= 4 is 12.0 Å². The number of nitrogens with one attached hydrogen (secondary N) is 2. The van der Waals surface area contributed by atoms with Crippen molar-refractivity contribution in [2.45, 2.75) is 45.3 Å². The van der Waals surface area contributed by atoms with Crippen molar-refractivity contribution in [1.29, 1.82) is 0 Å². The minimum absolute atomic E-state index is 0.266. The molecule has 0 spiro atoms. The summed E-state index contributed by atoms with van der Waals surface area (Å²) in [6, 6.07) is 12.2. The highest BCUT2D eigenvalue weighted by molar-refractivity contribution is 5.86. The predicted molar refractivity (Wildman–Crippen MR) is 104 cm³/mol. The van der Waals surface area contributed by atoms with Crippen LogP contribution in [0.5, 0.6) is 0 Å². The molecule has 1 unspecified atom stereocenters. The van der Waals surface area contributed by atoms with Gasteiger partial charge in [-0.25, -0.2) is 4.79 Å². The molecule has 27 heavy (non-hydrogen) atoms. The van der Waals surface area contributed by atoms with Crippen LogP contribution in [0.3, 0.4) is 0 Å². The molecule has 6 nitrogen and oxygen atoms in total. The number of alkyl carbamates (subject to hydrolysis) is 1. The lowest BCUT2D eigenvalue weighted by molar-refractivity contribution is -0.123. The van der Waals surface area contributed by atoms with Crippen molar-refractivity contribution in [2.24, 2.45) is 0 Å². The lowest BCUT2D eigenvalue weighted by atomic mass is 10.1. The zero-order valence-corrected chi connectivity index (χ0v) is 16.1. The number of pyridine rings is 1. The highest BCUT2D eigenvalue weighted by atomic mass is 16.6. The maximum Gasteiger partial charge on any atom is 0.408 e. The average molecular weight is 369 g/mol. The molecule has 0 saturated heterocycles. The van der Waals surface area contributed by atoms with E-state index in [2.05, 4.69) is 15.6 Å². The Balaban J connectivity index is 1.93. The van der Waals surface area contributed by atoms with Crippen LogP contribution in [0.2, 0.25) is 0 Å². The second-order valence-corrected chi connectivity index (χ2v) is 7.25. The maximum atomic E-state index is 12.7. The quantitative estimate of drug-likeness (QED) is 0.733. The predicted octanol–water partition coefficient (Wildman–Crippen LogP) is 3.40. The minimum Gasteiger partial charge on any atom is -0.444 e. The zero-order chi connectivity index (χ0) is 19.7. The fourth-order valence-electron chi connectivity index (χ4n) is 2.52. The molecule has 1 heterocycles. The smallest absolute Gasteiger partial charge is 0.408 e. The van der Waals surface area contributed by atoms with Gasteiger partial charge in [-0.05, 0) is 50.8 Å². The third-order valence-electron chi connectivity index (χ3n) is 3.72. The standard InChI is InChI=1S/C21H27N3O3/c1-21(2,3)27-20(26)24-18(17-11-5-4-6-12-17)19(25)23-14-8-10-16-9-7-13-22-15-16/h4-7,9,11-13,15,18H,8,10,14H2,1-3H3,(H,23,25)(H,24,26). The van der Waals surface area contributed by atoms with Crippen molar-refractivity contribution in [1.82, 2.24) is 15.6 Å². The molecule has 0 fully saturated rings. The van der Waals surface area contributed by atoms with E-state index in [1.807, 2.05) is 36.5 Å². The molecular weight excluding hydrogens is 342 g/mol. The van der Waals surface area contributed by atoms with Crippen molar-refractivity contribution < 1.29 is 14.3 Å². The fraction of sp³-hybridized carbons (Fsp3) is 0.381. The van der Waals surface area contributed by atoms with Crippen molar-refractivity contribution in [3.8, 4) is 0 Å². The number of aryl methyl sites for hydroxylation is 1. The molecule has 0 aliphatic heterocycles. The van der Waals surface area contributed by atoms with Gasteiger partial charge in [0.25, 0.3) is 0 Å². The van der Waals surface area contributed by atoms with Gasteiger partial charge >= 0.3 is 6.09 Å². The molecule has 144 valence electrons. The molecule has 0 saturated carbocycles. The van der Waals surface area contributed by atoms with Crippen LogP contribution in [0.25, 0.3) is 0 Å². The van der Waals surface area contributed by atoms with Crippen LogP contribution in [0, 0.1) is 0 Å². The van der Waals surface area contributed by atoms with Crippen LogP contribution in [0.15, 0.2) is 54.9 Å². The summed E-state index contributed by atoms with van der Waals surface area (Å²) in [5.74, 6) is -0.266. The molecule has 0 bridgehead atoms. The summed E-state index contributed by atoms with van der Waals surface area (Å²) in [5.41, 5.74) is 1.19. The molecule has 1 aromatic carbocycles. The summed E-state index contributed by atoms with van der Waals surface area (Å²) < 4.78 is 5.29. The molecule has 1 aromatic heterocycles. The highest BCUT2D eigenvalue weighted by Gasteiger charge is 2.25. The molecule has 0 aliphatic rings. The summed E-state index contributed by atoms with van der Waals surface area (Å²) in [6.07, 6.45) is 4.54. The van der Waals surface area contributed by atoms with Gasteiger partial charge in [0.15, 0.2) is 0 Å². The molecule has 2 N–H and O–H groups in total. The Bertz CT molecular complexity index is 727. The fourth-order valence-corrected chi connectivity index (χ4v) is 2.52. The normalized spacial score (nSPS) is 12.1. The zero-order valence-electron chi connectivity index (χ0n) is 16.1. The number of ether oxygens (including phenoxy) is 1. The van der Waals surface area contributed by atoms with E-state index in [4.69, 9.17) is 4.74 Å². The molecular formula is C21H27N3O3. The van der Waals surface area contributed by atoms with Crippen LogP contribution in [-0.4, -0.2) is 29.1 Å². The number of hydrogen-bond donors (Lipinski definition) is 2. The summed E-state index contributed by atoms with van der Waals surface area (Å²) in [6.45, 7) is 5.85. The van der Waals surface area contributed by atoms with E-state index < -0.39 is 17.7 Å². The maximum absolute atomic E-state index is 12.7. The number of benzene rings is 1. The van der Waals surface area contributed by atoms with Crippen LogP contribution in [0.1, 0.15) is 44.4 Å². The van der Waals surface area contributed by atoms with E-state index in [0.29, 0.717) is 12.1 Å². The van der Waals surface area contributed by atoms with Crippen LogP contribution in [0.4, 0.5) is 4.79 Å². The highest BCUT2D eigenvalue weighted by Crippen LogP contribution is 2.15. The molecule has 2 rings (SSSR count). The van der Waals surface area contributed by atoms with E-state index in [1.165, 1.54) is 0 Å². The number of carbonyl (C=O) groups is 2. The minimum atomic E-state index is -0.806. The Morgan fingerprint density at radius 2 is 1.85 bits per heavy atom. The summed E-state index contributed by atoms with van der Waals surface area (Å²) >= 11 is 0. The van der Waals surface area contributed by atoms with Gasteiger partial charge in [-0.3, -0.25) is 9.78 Å². The number of nitrogens with zero attached hydrogens (tertiary/aromatic N) is 1. The first-order valence-corrected chi connectivity index (χ1v) is 9.06. The van der Waals surface area contributed by atoms with Crippen molar-refractivity contribution in [3.63, 3.8) is 0 Å². The van der Waals surface area contributed by atoms with Gasteiger partial charge in [-0.2, -0.15) is 0 Å². The Morgan fingerprint density at radius 1 is 1.11 bits per heavy atom. The molecule has 2 amide bonds. The number of carbonyl (C=O) groups excluding carboxylic acids is 2. The monoisotopic (exact) mass is 369 g/mol. The Kier molecular flexibility index (Phi) is 7.34. The summed E-state index contributed by atoms with van der Waals surface area (Å²) in [7, 11) is 0. The lowest BCUT2D eigenvalue weighted by Gasteiger charge is -2.23. The first-order valence-electron chi connectivity index (χ1n) is 9.06. The second-order valence-electron chi connectivity index (χ2n) is 7.25. The first-order chi connectivity index (χ1) is 12.8. The van der Waals surface area contributed by atoms with Gasteiger partial charge in [0.1, 0.15) is 11.6 Å². The van der Waals surface area contributed by atoms with E-state index in [-0.39, 0.29) is 5.91 Å². The summed E-state index contributed by atoms with van der Waals surface area (Å²) in [5, 5.41) is 5.56. The third-order valence-corrected chi connectivity index (χ3v) is 3.72. The first kappa shape index (κ1) is 20.4. The number of amides is 2. The lowest BCUT2D eigenvalue weighted by Crippen LogP contribution is -2.42. The van der Waals surface area contributed by atoms with Crippen molar-refractivity contribution in [3.05, 3.63) is 66.0 Å². The van der Waals surface area contributed by atoms with E-state index >= 15 is 0 Å². The van der Waals surface area contributed by atoms with Gasteiger partial charge in [0.2, 0.25) is 5.91 Å². The second kappa shape index (κ2) is 9.71. The van der Waals surface area contributed by atoms with Gasteiger partial charge < -0.3 is 15.4 Å². The largest absolute Gasteiger partial charge is 0.444 e. The number of hydrogen-bond acceptors (Lipinski definition) is 4. The molecule has 0 radical (unpaired) electrons. The van der Waals surface area contributed by atoms with Gasteiger partial charge in [0, 0.05) is 18.9 Å². The average Bonchev–Trinajstić information content (AvgIpc) is 2.63. The molecule has 0 aliphatic carbocycles. The van der Waals surface area contributed by atoms with Gasteiger partial charge in [-0.1, -0.05) is 36.4 Å². The molecule has 1 atom stereocenters. The molecule has 6 heteroatoms. The molecule has 2 aromatic rings. The third kappa shape index (κ3) is 7.48.